The van der Waals surface area contributed by atoms with Crippen LogP contribution in [0, 0.1) is 26.7 Å². The average molecular weight is 376 g/mol. The molecular formula is C16H22Cl2Zr-2. The molecule has 0 saturated heterocycles. The molecule has 3 heteroatoms. The van der Waals surface area contributed by atoms with Gasteiger partial charge in [-0.15, -0.1) is 0 Å². The summed E-state index contributed by atoms with van der Waals surface area (Å²) in [5.74, 6) is 0.625. The average Bonchev–Trinajstić information content (AvgIpc) is 2.92. The van der Waals surface area contributed by atoms with Gasteiger partial charge < -0.3 is 31.7 Å². The van der Waals surface area contributed by atoms with Gasteiger partial charge >= 0.3 is 34.9 Å². The van der Waals surface area contributed by atoms with Crippen LogP contribution in [-0.2, 0) is 24.2 Å². The molecule has 0 spiro atoms. The molecule has 0 saturated carbocycles. The number of halogens is 2. The minimum atomic E-state index is 0. The molecule has 0 aliphatic heterocycles. The fraction of sp³-hybridized carbons (Fsp3) is 0.312. The fourth-order valence-electron chi connectivity index (χ4n) is 1.39. The van der Waals surface area contributed by atoms with Crippen LogP contribution in [0.15, 0.2) is 42.5 Å². The maximum atomic E-state index is 3.77. The van der Waals surface area contributed by atoms with Crippen LogP contribution in [0.4, 0.5) is 0 Å². The Bertz CT molecular complexity index is 336. The van der Waals surface area contributed by atoms with Gasteiger partial charge in [0.15, 0.2) is 0 Å². The van der Waals surface area contributed by atoms with E-state index in [-0.39, 0.29) is 24.8 Å². The minimum Gasteiger partial charge on any atom is -1.00 e. The monoisotopic (exact) mass is 374 g/mol. The van der Waals surface area contributed by atoms with E-state index >= 15 is 0 Å². The molecule has 0 unspecified atom stereocenters. The number of hydrogen-bond acceptors (Lipinski definition) is 0. The molecule has 0 heterocycles. The predicted octanol–water partition coefficient (Wildman–Crippen LogP) is -1.66. The van der Waals surface area contributed by atoms with Crippen molar-refractivity contribution in [3.8, 4) is 0 Å². The van der Waals surface area contributed by atoms with Gasteiger partial charge in [-0.05, 0) is 5.92 Å². The van der Waals surface area contributed by atoms with Crippen molar-refractivity contribution in [2.75, 3.05) is 0 Å². The standard InChI is InChI=1S/2C7H9.C2H4.2ClH.Zr/c1-6-3-4-7(2)5-6;1-2-7-5-3-4-6-7;1-2;;;/h3-5H,1-2H3;3-7H,1-2H2;1H,2H3;2*1H;/q2*-1;;;;+2/p-2. The van der Waals surface area contributed by atoms with Crippen molar-refractivity contribution in [3.05, 3.63) is 60.6 Å². The number of hydrogen-bond donors (Lipinski definition) is 0. The van der Waals surface area contributed by atoms with Crippen LogP contribution in [0.3, 0.4) is 0 Å². The zero-order valence-corrected chi connectivity index (χ0v) is 15.8. The quantitative estimate of drug-likeness (QED) is 0.515. The molecule has 1 aromatic carbocycles. The van der Waals surface area contributed by atoms with Crippen LogP contribution in [-0.4, -0.2) is 3.71 Å². The smallest absolute Gasteiger partial charge is 0.0319 e. The van der Waals surface area contributed by atoms with E-state index < -0.39 is 0 Å². The van der Waals surface area contributed by atoms with E-state index in [0.29, 0.717) is 5.92 Å². The van der Waals surface area contributed by atoms with Crippen molar-refractivity contribution in [2.24, 2.45) is 5.92 Å². The molecule has 0 atom stereocenters. The Hall–Kier alpha value is 0.163. The van der Waals surface area contributed by atoms with Gasteiger partial charge in [-0.25, -0.2) is 11.6 Å². The van der Waals surface area contributed by atoms with E-state index in [1.807, 2.05) is 6.92 Å². The molecule has 0 nitrogen and oxygen atoms in total. The summed E-state index contributed by atoms with van der Waals surface area (Å²) in [7, 11) is 0. The first-order valence-corrected chi connectivity index (χ1v) is 7.35. The molecule has 2 rings (SSSR count). The van der Waals surface area contributed by atoms with Gasteiger partial charge in [0.25, 0.3) is 0 Å². The zero-order chi connectivity index (χ0) is 13.1. The molecule has 1 aliphatic rings. The molecule has 0 radical (unpaired) electrons. The Morgan fingerprint density at radius 1 is 1.32 bits per heavy atom. The molecule has 0 fully saturated rings. The summed E-state index contributed by atoms with van der Waals surface area (Å²) in [5, 5.41) is 0. The van der Waals surface area contributed by atoms with E-state index in [0.717, 1.165) is 6.42 Å². The van der Waals surface area contributed by atoms with Crippen LogP contribution >= 0.6 is 0 Å². The van der Waals surface area contributed by atoms with Crippen molar-refractivity contribution in [3.63, 3.8) is 0 Å². The number of allylic oxidation sites excluding steroid dienone is 4. The first kappa shape index (κ1) is 24.2. The van der Waals surface area contributed by atoms with Gasteiger partial charge in [-0.2, -0.15) is 24.1 Å². The van der Waals surface area contributed by atoms with Crippen LogP contribution in [0.2, 0.25) is 0 Å². The zero-order valence-electron chi connectivity index (χ0n) is 11.9. The predicted molar refractivity (Wildman–Crippen MR) is 75.0 cm³/mol. The van der Waals surface area contributed by atoms with Gasteiger partial charge in [-0.1, -0.05) is 38.2 Å². The Balaban J connectivity index is -0.000000207. The molecular weight excluding hydrogens is 354 g/mol. The van der Waals surface area contributed by atoms with Crippen LogP contribution < -0.4 is 24.8 Å². The van der Waals surface area contributed by atoms with Crippen molar-refractivity contribution in [2.45, 2.75) is 27.2 Å². The normalized spacial score (nSPS) is 11.3. The third-order valence-corrected chi connectivity index (χ3v) is 2.23. The summed E-state index contributed by atoms with van der Waals surface area (Å²) in [5.41, 5.74) is 2.72. The molecule has 0 N–H and O–H groups in total. The van der Waals surface area contributed by atoms with Crippen molar-refractivity contribution in [1.29, 1.82) is 0 Å². The van der Waals surface area contributed by atoms with Crippen molar-refractivity contribution in [1.82, 2.24) is 0 Å². The van der Waals surface area contributed by atoms with Crippen LogP contribution in [0.5, 0.6) is 0 Å². The van der Waals surface area contributed by atoms with Crippen molar-refractivity contribution < 1.29 is 49.0 Å². The first-order chi connectivity index (χ1) is 8.13. The van der Waals surface area contributed by atoms with Crippen LogP contribution in [0.1, 0.15) is 24.5 Å². The Morgan fingerprint density at radius 2 is 1.79 bits per heavy atom. The molecule has 0 aromatic heterocycles. The van der Waals surface area contributed by atoms with E-state index in [4.69, 9.17) is 0 Å². The maximum Gasteiger partial charge on any atom is -0.0319 e. The summed E-state index contributed by atoms with van der Waals surface area (Å²) < 4.78 is 2.09. The molecule has 0 bridgehead atoms. The largest absolute Gasteiger partial charge is 1.00 e. The maximum absolute atomic E-state index is 3.77. The Kier molecular flexibility index (Phi) is 20.7. The fourth-order valence-corrected chi connectivity index (χ4v) is 1.39. The number of aryl methyl sites for hydroxylation is 2. The number of rotatable bonds is 1. The summed E-state index contributed by atoms with van der Waals surface area (Å²) >= 11 is 1.51. The van der Waals surface area contributed by atoms with Gasteiger partial charge in [0.2, 0.25) is 0 Å². The van der Waals surface area contributed by atoms with Gasteiger partial charge in [-0.3, -0.25) is 0 Å². The summed E-state index contributed by atoms with van der Waals surface area (Å²) in [6.45, 7) is 10.0. The Labute approximate surface area is 145 Å². The Morgan fingerprint density at radius 3 is 1.95 bits per heavy atom. The second-order valence-electron chi connectivity index (χ2n) is 3.98. The molecule has 1 aliphatic carbocycles. The van der Waals surface area contributed by atoms with E-state index in [2.05, 4.69) is 67.0 Å². The molecule has 19 heavy (non-hydrogen) atoms. The SMILES string of the molecule is C[CH]=[Zr+2].Cc1cc[c-](C)c1.[CH2-]CC1C=CC=C1.[Cl-].[Cl-]. The van der Waals surface area contributed by atoms with Crippen molar-refractivity contribution >= 4 is 3.71 Å². The van der Waals surface area contributed by atoms with Gasteiger partial charge in [0.05, 0.1) is 0 Å². The van der Waals surface area contributed by atoms with Crippen LogP contribution in [0.25, 0.3) is 0 Å². The molecule has 106 valence electrons. The summed E-state index contributed by atoms with van der Waals surface area (Å²) in [4.78, 5) is 0. The van der Waals surface area contributed by atoms with E-state index in [1.165, 1.54) is 35.4 Å². The van der Waals surface area contributed by atoms with Gasteiger partial charge in [0.1, 0.15) is 0 Å². The third kappa shape index (κ3) is 14.4. The summed E-state index contributed by atoms with van der Waals surface area (Å²) in [6, 6.07) is 6.41. The molecule has 0 amide bonds. The molecule has 1 aromatic rings. The third-order valence-electron chi connectivity index (χ3n) is 2.23. The van der Waals surface area contributed by atoms with Gasteiger partial charge in [0, 0.05) is 0 Å². The van der Waals surface area contributed by atoms with E-state index in [9.17, 15) is 0 Å². The van der Waals surface area contributed by atoms with E-state index in [1.54, 1.807) is 0 Å². The first-order valence-electron chi connectivity index (χ1n) is 5.93. The topological polar surface area (TPSA) is 0 Å². The summed E-state index contributed by atoms with van der Waals surface area (Å²) in [6.07, 6.45) is 9.44. The second kappa shape index (κ2) is 16.2. The minimum absolute atomic E-state index is 0. The second-order valence-corrected chi connectivity index (χ2v) is 5.40.